The average molecular weight is 565 g/mol. The number of hydrogen-bond acceptors (Lipinski definition) is 6. The second-order valence-corrected chi connectivity index (χ2v) is 10.9. The Balaban J connectivity index is 1.55. The van der Waals surface area contributed by atoms with Gasteiger partial charge in [0.2, 0.25) is 5.91 Å². The molecule has 0 aliphatic heterocycles. The number of alkyl carbamates (subject to hydrolysis) is 1. The van der Waals surface area contributed by atoms with Crippen molar-refractivity contribution in [1.29, 1.82) is 0 Å². The smallest absolute Gasteiger partial charge is 0.408 e. The highest BCUT2D eigenvalue weighted by Gasteiger charge is 2.23. The number of amides is 2. The standard InChI is InChI=1S/C30H40N6O3S/c1-4-11-25(35-30(38)39-19-23-14-9-6-10-15-23)27(37)32-18-24(16-21(2)3)26-20-40-29(34-26)36-28(31)33-17-22-12-7-5-8-13-22/h5-10,12-15,20-21,24-25H,4,11,16-19H2,1-3H3,(H,32,37)(H,35,38)(H3,31,33,34,36)/t24-,25-/m0/s1. The number of hydrogen-bond donors (Lipinski definition) is 4. The van der Waals surface area contributed by atoms with Crippen LogP contribution in [0.25, 0.3) is 0 Å². The third-order valence-corrected chi connectivity index (χ3v) is 6.90. The van der Waals surface area contributed by atoms with Gasteiger partial charge < -0.3 is 26.4 Å². The summed E-state index contributed by atoms with van der Waals surface area (Å²) in [6, 6.07) is 18.6. The molecule has 3 aromatic rings. The summed E-state index contributed by atoms with van der Waals surface area (Å²) in [5.41, 5.74) is 8.90. The molecular weight excluding hydrogens is 524 g/mol. The van der Waals surface area contributed by atoms with Crippen molar-refractivity contribution in [3.05, 3.63) is 82.9 Å². The van der Waals surface area contributed by atoms with Gasteiger partial charge in [-0.25, -0.2) is 14.8 Å². The van der Waals surface area contributed by atoms with Gasteiger partial charge in [0.1, 0.15) is 12.6 Å². The van der Waals surface area contributed by atoms with E-state index in [0.717, 1.165) is 29.7 Å². The zero-order valence-corrected chi connectivity index (χ0v) is 24.2. The highest BCUT2D eigenvalue weighted by molar-refractivity contribution is 7.13. The first-order chi connectivity index (χ1) is 19.3. The topological polar surface area (TPSA) is 131 Å². The minimum atomic E-state index is -0.679. The van der Waals surface area contributed by atoms with Gasteiger partial charge in [0.25, 0.3) is 0 Å². The summed E-state index contributed by atoms with van der Waals surface area (Å²) in [6.45, 7) is 7.27. The lowest BCUT2D eigenvalue weighted by Crippen LogP contribution is -2.47. The van der Waals surface area contributed by atoms with Gasteiger partial charge in [-0.05, 0) is 29.9 Å². The number of anilines is 1. The summed E-state index contributed by atoms with van der Waals surface area (Å²) in [6.07, 6.45) is 1.47. The first-order valence-corrected chi connectivity index (χ1v) is 14.5. The Morgan fingerprint density at radius 1 is 1.05 bits per heavy atom. The molecule has 2 aromatic carbocycles. The predicted molar refractivity (Wildman–Crippen MR) is 161 cm³/mol. The lowest BCUT2D eigenvalue weighted by molar-refractivity contribution is -0.123. The highest BCUT2D eigenvalue weighted by atomic mass is 32.1. The van der Waals surface area contributed by atoms with Crippen LogP contribution < -0.4 is 21.7 Å². The molecule has 3 rings (SSSR count). The number of ether oxygens (including phenoxy) is 1. The van der Waals surface area contributed by atoms with E-state index in [-0.39, 0.29) is 18.4 Å². The van der Waals surface area contributed by atoms with Crippen molar-refractivity contribution >= 4 is 34.4 Å². The monoisotopic (exact) mass is 564 g/mol. The molecule has 5 N–H and O–H groups in total. The molecular formula is C30H40N6O3S. The summed E-state index contributed by atoms with van der Waals surface area (Å²) in [7, 11) is 0. The molecule has 40 heavy (non-hydrogen) atoms. The molecule has 0 unspecified atom stereocenters. The van der Waals surface area contributed by atoms with E-state index >= 15 is 0 Å². The molecule has 1 heterocycles. The van der Waals surface area contributed by atoms with Gasteiger partial charge in [0.05, 0.1) is 12.2 Å². The summed E-state index contributed by atoms with van der Waals surface area (Å²) in [4.78, 5) is 34.6. The summed E-state index contributed by atoms with van der Waals surface area (Å²) < 4.78 is 5.31. The first kappa shape index (κ1) is 30.6. The Bertz CT molecular complexity index is 1220. The molecule has 1 aromatic heterocycles. The van der Waals surface area contributed by atoms with Crippen molar-refractivity contribution in [1.82, 2.24) is 15.6 Å². The molecule has 0 saturated heterocycles. The number of nitrogens with zero attached hydrogens (tertiary/aromatic N) is 2. The number of nitrogens with two attached hydrogens (primary N) is 1. The largest absolute Gasteiger partial charge is 0.445 e. The van der Waals surface area contributed by atoms with E-state index in [9.17, 15) is 9.59 Å². The fourth-order valence-electron chi connectivity index (χ4n) is 4.13. The van der Waals surface area contributed by atoms with E-state index < -0.39 is 12.1 Å². The maximum atomic E-state index is 13.1. The zero-order valence-electron chi connectivity index (χ0n) is 23.4. The van der Waals surface area contributed by atoms with Crippen molar-refractivity contribution in [3.63, 3.8) is 0 Å². The zero-order chi connectivity index (χ0) is 28.7. The van der Waals surface area contributed by atoms with Gasteiger partial charge in [0, 0.05) is 17.8 Å². The summed E-state index contributed by atoms with van der Waals surface area (Å²) in [5, 5.41) is 11.4. The van der Waals surface area contributed by atoms with E-state index in [0.29, 0.717) is 36.5 Å². The minimum absolute atomic E-state index is 0.00513. The molecule has 2 atom stereocenters. The summed E-state index contributed by atoms with van der Waals surface area (Å²) in [5.74, 6) is 0.463. The Morgan fingerprint density at radius 3 is 2.38 bits per heavy atom. The quantitative estimate of drug-likeness (QED) is 0.153. The van der Waals surface area contributed by atoms with E-state index in [1.807, 2.05) is 73.0 Å². The van der Waals surface area contributed by atoms with Crippen LogP contribution in [-0.4, -0.2) is 35.5 Å². The van der Waals surface area contributed by atoms with Crippen molar-refractivity contribution in [2.75, 3.05) is 11.9 Å². The number of guanidine groups is 1. The van der Waals surface area contributed by atoms with Gasteiger partial charge in [-0.15, -0.1) is 11.3 Å². The van der Waals surface area contributed by atoms with Gasteiger partial charge in [-0.1, -0.05) is 87.9 Å². The van der Waals surface area contributed by atoms with Crippen molar-refractivity contribution in [2.24, 2.45) is 16.6 Å². The van der Waals surface area contributed by atoms with Crippen LogP contribution in [0.3, 0.4) is 0 Å². The van der Waals surface area contributed by atoms with Crippen molar-refractivity contribution in [3.8, 4) is 0 Å². The normalized spacial score (nSPS) is 12.9. The second kappa shape index (κ2) is 16.2. The highest BCUT2D eigenvalue weighted by Crippen LogP contribution is 2.27. The molecule has 10 heteroatoms. The minimum Gasteiger partial charge on any atom is -0.445 e. The van der Waals surface area contributed by atoms with E-state index in [2.05, 4.69) is 34.8 Å². The molecule has 9 nitrogen and oxygen atoms in total. The van der Waals surface area contributed by atoms with E-state index in [1.54, 1.807) is 0 Å². The number of benzene rings is 2. The molecule has 2 amide bonds. The second-order valence-electron chi connectivity index (χ2n) is 10.0. The maximum absolute atomic E-state index is 13.1. The van der Waals surface area contributed by atoms with E-state index in [1.165, 1.54) is 11.3 Å². The van der Waals surface area contributed by atoms with Gasteiger partial charge in [0.15, 0.2) is 11.1 Å². The molecule has 0 radical (unpaired) electrons. The van der Waals surface area contributed by atoms with Crippen LogP contribution in [0.15, 0.2) is 71.0 Å². The number of carbonyl (C=O) groups is 2. The van der Waals surface area contributed by atoms with Crippen LogP contribution in [-0.2, 0) is 22.7 Å². The lowest BCUT2D eigenvalue weighted by Gasteiger charge is -2.21. The number of rotatable bonds is 14. The molecule has 0 aliphatic rings. The van der Waals surface area contributed by atoms with Crippen molar-refractivity contribution < 1.29 is 14.3 Å². The molecule has 0 bridgehead atoms. The average Bonchev–Trinajstić information content (AvgIpc) is 3.41. The number of aliphatic imine (C=N–C) groups is 1. The SMILES string of the molecule is CCC[C@H](NC(=O)OCc1ccccc1)C(=O)NC[C@H](CC(C)C)c1csc(NC(N)=NCc2ccccc2)n1. The molecule has 0 aliphatic carbocycles. The van der Waals surface area contributed by atoms with Gasteiger partial charge in [-0.2, -0.15) is 0 Å². The number of nitrogens with one attached hydrogen (secondary N) is 3. The Morgan fingerprint density at radius 2 is 1.73 bits per heavy atom. The number of thiazole rings is 1. The van der Waals surface area contributed by atoms with Gasteiger partial charge >= 0.3 is 6.09 Å². The van der Waals surface area contributed by atoms with Crippen LogP contribution in [0, 0.1) is 5.92 Å². The molecule has 0 spiro atoms. The fourth-order valence-corrected chi connectivity index (χ4v) is 4.93. The van der Waals surface area contributed by atoms with Crippen molar-refractivity contribution in [2.45, 2.75) is 65.1 Å². The molecule has 214 valence electrons. The third kappa shape index (κ3) is 10.7. The molecule has 0 fully saturated rings. The maximum Gasteiger partial charge on any atom is 0.408 e. The Hall–Kier alpha value is -3.92. The predicted octanol–water partition coefficient (Wildman–Crippen LogP) is 5.41. The van der Waals surface area contributed by atoms with Crippen LogP contribution in [0.5, 0.6) is 0 Å². The first-order valence-electron chi connectivity index (χ1n) is 13.6. The Labute approximate surface area is 240 Å². The molecule has 0 saturated carbocycles. The van der Waals surface area contributed by atoms with Crippen LogP contribution in [0.1, 0.15) is 62.8 Å². The van der Waals surface area contributed by atoms with Crippen LogP contribution in [0.2, 0.25) is 0 Å². The van der Waals surface area contributed by atoms with Gasteiger partial charge in [-0.3, -0.25) is 4.79 Å². The summed E-state index contributed by atoms with van der Waals surface area (Å²) >= 11 is 1.45. The van der Waals surface area contributed by atoms with E-state index in [4.69, 9.17) is 15.5 Å². The Kier molecular flexibility index (Phi) is 12.4. The fraction of sp³-hybridized carbons (Fsp3) is 0.400. The van der Waals surface area contributed by atoms with Crippen LogP contribution in [0.4, 0.5) is 9.93 Å². The van der Waals surface area contributed by atoms with Crippen LogP contribution >= 0.6 is 11.3 Å². The third-order valence-electron chi connectivity index (χ3n) is 6.13. The number of carbonyl (C=O) groups excluding carboxylic acids is 2. The number of aromatic nitrogens is 1. The lowest BCUT2D eigenvalue weighted by atomic mass is 9.94.